The number of anilines is 1. The van der Waals surface area contributed by atoms with Crippen LogP contribution in [0.1, 0.15) is 20.3 Å². The van der Waals surface area contributed by atoms with Crippen LogP contribution in [0.3, 0.4) is 0 Å². The molecular weight excluding hydrogens is 392 g/mol. The quantitative estimate of drug-likeness (QED) is 0.607. The molecule has 8 heteroatoms. The molecule has 3 rings (SSSR count). The lowest BCUT2D eigenvalue weighted by atomic mass is 9.99. The van der Waals surface area contributed by atoms with E-state index in [1.54, 1.807) is 38.5 Å². The van der Waals surface area contributed by atoms with E-state index in [1.807, 2.05) is 30.6 Å². The summed E-state index contributed by atoms with van der Waals surface area (Å²) in [6, 6.07) is 6.52. The van der Waals surface area contributed by atoms with E-state index in [1.165, 1.54) is 0 Å². The molecule has 2 aromatic heterocycles. The van der Waals surface area contributed by atoms with E-state index in [2.05, 4.69) is 10.3 Å². The van der Waals surface area contributed by atoms with Gasteiger partial charge in [0.2, 0.25) is 5.91 Å². The minimum absolute atomic E-state index is 0.101. The molecule has 7 nitrogen and oxygen atoms in total. The summed E-state index contributed by atoms with van der Waals surface area (Å²) in [5.74, 6) is 1.02. The summed E-state index contributed by atoms with van der Waals surface area (Å²) in [7, 11) is 3.13. The first-order valence-electron chi connectivity index (χ1n) is 9.35. The fraction of sp³-hybridized carbons (Fsp3) is 0.333. The van der Waals surface area contributed by atoms with Crippen LogP contribution in [0.2, 0.25) is 5.02 Å². The number of imidazole rings is 1. The topological polar surface area (TPSA) is 90.9 Å². The van der Waals surface area contributed by atoms with Crippen molar-refractivity contribution in [3.63, 3.8) is 0 Å². The average molecular weight is 417 g/mol. The molecule has 0 aliphatic carbocycles. The average Bonchev–Trinajstić information content (AvgIpc) is 3.15. The van der Waals surface area contributed by atoms with Crippen LogP contribution in [0, 0.1) is 5.92 Å². The van der Waals surface area contributed by atoms with Gasteiger partial charge in [0.15, 0.2) is 0 Å². The number of aromatic nitrogens is 2. The Labute approximate surface area is 174 Å². The van der Waals surface area contributed by atoms with Crippen molar-refractivity contribution in [1.29, 1.82) is 0 Å². The van der Waals surface area contributed by atoms with E-state index in [-0.39, 0.29) is 11.8 Å². The van der Waals surface area contributed by atoms with Gasteiger partial charge in [-0.05, 0) is 18.1 Å². The third kappa shape index (κ3) is 4.31. The lowest BCUT2D eigenvalue weighted by Gasteiger charge is -2.17. The number of nitrogens with two attached hydrogens (primary N) is 1. The second kappa shape index (κ2) is 8.71. The Hall–Kier alpha value is -2.77. The molecule has 3 N–H and O–H groups in total. The standard InChI is InChI=1S/C21H25ClN4O3/c1-5-12(2)20(23)21(27)24-13-6-7-26-11-16(25-19(26)8-13)14-9-15(22)18(29-4)10-17(14)28-3/h6-12,20H,5,23H2,1-4H3,(H,24,27)/t12-,20+/m1/s1. The number of hydrogen-bond donors (Lipinski definition) is 2. The van der Waals surface area contributed by atoms with Crippen LogP contribution < -0.4 is 20.5 Å². The van der Waals surface area contributed by atoms with Crippen LogP contribution in [0.4, 0.5) is 5.69 Å². The maximum Gasteiger partial charge on any atom is 0.241 e. The predicted molar refractivity (Wildman–Crippen MR) is 115 cm³/mol. The van der Waals surface area contributed by atoms with Crippen molar-refractivity contribution in [1.82, 2.24) is 9.38 Å². The van der Waals surface area contributed by atoms with E-state index in [4.69, 9.17) is 26.8 Å². The molecule has 2 atom stereocenters. The lowest BCUT2D eigenvalue weighted by Crippen LogP contribution is -2.40. The third-order valence-electron chi connectivity index (χ3n) is 5.04. The normalized spacial score (nSPS) is 13.2. The maximum atomic E-state index is 12.4. The molecule has 0 fully saturated rings. The number of methoxy groups -OCH3 is 2. The van der Waals surface area contributed by atoms with Crippen molar-refractivity contribution in [3.8, 4) is 22.8 Å². The molecule has 0 radical (unpaired) electrons. The first-order valence-corrected chi connectivity index (χ1v) is 9.72. The lowest BCUT2D eigenvalue weighted by molar-refractivity contribution is -0.118. The Morgan fingerprint density at radius 2 is 2.00 bits per heavy atom. The fourth-order valence-electron chi connectivity index (χ4n) is 2.99. The number of nitrogens with one attached hydrogen (secondary N) is 1. The van der Waals surface area contributed by atoms with Crippen molar-refractivity contribution in [2.75, 3.05) is 19.5 Å². The Morgan fingerprint density at radius 1 is 1.28 bits per heavy atom. The van der Waals surface area contributed by atoms with E-state index in [9.17, 15) is 4.79 Å². The number of benzene rings is 1. The van der Waals surface area contributed by atoms with Crippen LogP contribution in [0.25, 0.3) is 16.9 Å². The van der Waals surface area contributed by atoms with Crippen LogP contribution in [-0.4, -0.2) is 35.6 Å². The number of nitrogens with zero attached hydrogens (tertiary/aromatic N) is 2. The SMILES string of the molecule is CC[C@@H](C)[C@H](N)C(=O)Nc1ccn2cc(-c3cc(Cl)c(OC)cc3OC)nc2c1. The van der Waals surface area contributed by atoms with Gasteiger partial charge < -0.3 is 24.9 Å². The molecule has 0 spiro atoms. The molecular formula is C21H25ClN4O3. The van der Waals surface area contributed by atoms with E-state index < -0.39 is 6.04 Å². The largest absolute Gasteiger partial charge is 0.496 e. The zero-order chi connectivity index (χ0) is 21.1. The summed E-state index contributed by atoms with van der Waals surface area (Å²) in [6.07, 6.45) is 4.53. The molecule has 1 amide bonds. The molecule has 0 saturated heterocycles. The summed E-state index contributed by atoms with van der Waals surface area (Å²) < 4.78 is 12.6. The summed E-state index contributed by atoms with van der Waals surface area (Å²) in [4.78, 5) is 17.0. The zero-order valence-corrected chi connectivity index (χ0v) is 17.7. The minimum atomic E-state index is -0.558. The summed E-state index contributed by atoms with van der Waals surface area (Å²) in [5, 5.41) is 3.33. The Balaban J connectivity index is 1.92. The molecule has 3 aromatic rings. The van der Waals surface area contributed by atoms with Gasteiger partial charge in [0.05, 0.1) is 31.0 Å². The molecule has 0 saturated carbocycles. The smallest absolute Gasteiger partial charge is 0.241 e. The number of amides is 1. The first-order chi connectivity index (χ1) is 13.9. The highest BCUT2D eigenvalue weighted by molar-refractivity contribution is 6.32. The molecule has 0 unspecified atom stereocenters. The highest BCUT2D eigenvalue weighted by Crippen LogP contribution is 2.38. The van der Waals surface area contributed by atoms with Crippen LogP contribution >= 0.6 is 11.6 Å². The van der Waals surface area contributed by atoms with E-state index >= 15 is 0 Å². The molecule has 29 heavy (non-hydrogen) atoms. The number of rotatable bonds is 7. The Bertz CT molecular complexity index is 1030. The molecule has 0 aliphatic heterocycles. The number of hydrogen-bond acceptors (Lipinski definition) is 5. The number of fused-ring (bicyclic) bond motifs is 1. The Kier molecular flexibility index (Phi) is 6.30. The third-order valence-corrected chi connectivity index (χ3v) is 5.33. The number of halogens is 1. The van der Waals surface area contributed by atoms with Gasteiger partial charge >= 0.3 is 0 Å². The van der Waals surface area contributed by atoms with Gasteiger partial charge in [0.1, 0.15) is 17.1 Å². The van der Waals surface area contributed by atoms with Gasteiger partial charge in [-0.25, -0.2) is 4.98 Å². The Morgan fingerprint density at radius 3 is 2.66 bits per heavy atom. The van der Waals surface area contributed by atoms with Crippen LogP contribution in [0.5, 0.6) is 11.5 Å². The van der Waals surface area contributed by atoms with Gasteiger partial charge in [-0.1, -0.05) is 31.9 Å². The number of pyridine rings is 1. The number of ether oxygens (including phenoxy) is 2. The molecule has 154 valence electrons. The molecule has 1 aromatic carbocycles. The second-order valence-electron chi connectivity index (χ2n) is 6.89. The van der Waals surface area contributed by atoms with Gasteiger partial charge in [0, 0.05) is 35.8 Å². The van der Waals surface area contributed by atoms with Crippen molar-refractivity contribution in [3.05, 3.63) is 41.7 Å². The first kappa shape index (κ1) is 21.0. The van der Waals surface area contributed by atoms with Crippen molar-refractivity contribution >= 4 is 28.8 Å². The van der Waals surface area contributed by atoms with Crippen molar-refractivity contribution in [2.24, 2.45) is 11.7 Å². The maximum absolute atomic E-state index is 12.4. The van der Waals surface area contributed by atoms with Crippen molar-refractivity contribution < 1.29 is 14.3 Å². The fourth-order valence-corrected chi connectivity index (χ4v) is 3.23. The van der Waals surface area contributed by atoms with Crippen molar-refractivity contribution in [2.45, 2.75) is 26.3 Å². The predicted octanol–water partition coefficient (Wildman–Crippen LogP) is 3.98. The molecule has 0 aliphatic rings. The number of carbonyl (C=O) groups is 1. The van der Waals surface area contributed by atoms with Crippen LogP contribution in [-0.2, 0) is 4.79 Å². The summed E-state index contributed by atoms with van der Waals surface area (Å²) in [5.41, 5.74) is 8.75. The summed E-state index contributed by atoms with van der Waals surface area (Å²) >= 11 is 6.28. The van der Waals surface area contributed by atoms with E-state index in [0.717, 1.165) is 12.0 Å². The van der Waals surface area contributed by atoms with Gasteiger partial charge in [0.25, 0.3) is 0 Å². The van der Waals surface area contributed by atoms with Gasteiger partial charge in [-0.3, -0.25) is 4.79 Å². The van der Waals surface area contributed by atoms with Gasteiger partial charge in [-0.2, -0.15) is 0 Å². The molecule has 2 heterocycles. The summed E-state index contributed by atoms with van der Waals surface area (Å²) in [6.45, 7) is 3.97. The van der Waals surface area contributed by atoms with Crippen LogP contribution in [0.15, 0.2) is 36.7 Å². The monoisotopic (exact) mass is 416 g/mol. The highest BCUT2D eigenvalue weighted by atomic mass is 35.5. The highest BCUT2D eigenvalue weighted by Gasteiger charge is 2.20. The molecule has 0 bridgehead atoms. The zero-order valence-electron chi connectivity index (χ0n) is 16.9. The van der Waals surface area contributed by atoms with Gasteiger partial charge in [-0.15, -0.1) is 0 Å². The number of carbonyl (C=O) groups excluding carboxylic acids is 1. The van der Waals surface area contributed by atoms with E-state index in [0.29, 0.717) is 33.6 Å². The second-order valence-corrected chi connectivity index (χ2v) is 7.30. The minimum Gasteiger partial charge on any atom is -0.496 e.